The Morgan fingerprint density at radius 2 is 1.66 bits per heavy atom. The van der Waals surface area contributed by atoms with E-state index in [1.54, 1.807) is 13.3 Å². The van der Waals surface area contributed by atoms with Crippen LogP contribution < -0.4 is 4.74 Å². The summed E-state index contributed by atoms with van der Waals surface area (Å²) in [4.78, 5) is 26.9. The topological polar surface area (TPSA) is 112 Å². The third-order valence-corrected chi connectivity index (χ3v) is 5.27. The van der Waals surface area contributed by atoms with Gasteiger partial charge in [0.25, 0.3) is 0 Å². The number of halogens is 6. The van der Waals surface area contributed by atoms with Crippen LogP contribution in [0.5, 0.6) is 5.88 Å². The average molecular weight is 519 g/mol. The Morgan fingerprint density at radius 1 is 1.11 bits per heavy atom. The summed E-state index contributed by atoms with van der Waals surface area (Å²) in [7, 11) is 6.00. The number of methoxy groups -OCH3 is 1. The van der Waals surface area contributed by atoms with Crippen molar-refractivity contribution >= 4 is 11.9 Å². The Hall–Kier alpha value is -2.65. The maximum Gasteiger partial charge on any atom is 0.490 e. The molecule has 2 aliphatic rings. The summed E-state index contributed by atoms with van der Waals surface area (Å²) in [6.45, 7) is 4.90. The van der Waals surface area contributed by atoms with Gasteiger partial charge >= 0.3 is 24.3 Å². The standard InChI is InChI=1S/C16H25N3O2.2C2HF3O2/c1-18(2)15-11-21-10-13-8-19(9-14(13)15)7-12-5-4-6-17-16(12)20-3;2*3-2(4,5)1(6)7/h4-6,13-15H,7-11H2,1-3H3;2*(H,6,7)/t13-,14-,15+;;/m1../s1. The predicted molar refractivity (Wildman–Crippen MR) is 109 cm³/mol. The van der Waals surface area contributed by atoms with Gasteiger partial charge < -0.3 is 24.6 Å². The number of likely N-dealkylation sites (N-methyl/N-ethyl adjacent to an activating group) is 1. The summed E-state index contributed by atoms with van der Waals surface area (Å²) in [6, 6.07) is 4.62. The molecule has 1 aromatic rings. The van der Waals surface area contributed by atoms with Crippen molar-refractivity contribution in [2.75, 3.05) is 47.5 Å². The van der Waals surface area contributed by atoms with Crippen LogP contribution in [0.25, 0.3) is 0 Å². The van der Waals surface area contributed by atoms with Gasteiger partial charge in [-0.3, -0.25) is 4.90 Å². The molecule has 0 amide bonds. The van der Waals surface area contributed by atoms with Gasteiger partial charge in [-0.2, -0.15) is 26.3 Å². The van der Waals surface area contributed by atoms with E-state index < -0.39 is 24.3 Å². The zero-order valence-corrected chi connectivity index (χ0v) is 19.1. The number of hydrogen-bond donors (Lipinski definition) is 2. The zero-order chi connectivity index (χ0) is 27.0. The fourth-order valence-electron chi connectivity index (χ4n) is 3.69. The summed E-state index contributed by atoms with van der Waals surface area (Å²) in [6.07, 6.45) is -8.39. The number of nitrogens with zero attached hydrogens (tertiary/aromatic N) is 3. The van der Waals surface area contributed by atoms with Crippen LogP contribution in [-0.4, -0.2) is 103 Å². The highest BCUT2D eigenvalue weighted by molar-refractivity contribution is 5.73. The van der Waals surface area contributed by atoms with Crippen LogP contribution in [0.3, 0.4) is 0 Å². The minimum atomic E-state index is -5.08. The number of rotatable bonds is 4. The van der Waals surface area contributed by atoms with E-state index >= 15 is 0 Å². The van der Waals surface area contributed by atoms with E-state index in [2.05, 4.69) is 34.9 Å². The average Bonchev–Trinajstić information content (AvgIpc) is 3.16. The summed E-state index contributed by atoms with van der Waals surface area (Å²) in [5, 5.41) is 14.2. The van der Waals surface area contributed by atoms with E-state index in [4.69, 9.17) is 29.3 Å². The second-order valence-corrected chi connectivity index (χ2v) is 7.96. The molecule has 0 bridgehead atoms. The van der Waals surface area contributed by atoms with E-state index in [0.29, 0.717) is 17.9 Å². The molecule has 200 valence electrons. The minimum absolute atomic E-state index is 0.532. The lowest BCUT2D eigenvalue weighted by Gasteiger charge is -2.37. The lowest BCUT2D eigenvalue weighted by Crippen LogP contribution is -2.47. The molecule has 3 rings (SSSR count). The second-order valence-electron chi connectivity index (χ2n) is 7.96. The predicted octanol–water partition coefficient (Wildman–Crippen LogP) is 2.37. The number of aliphatic carboxylic acids is 2. The van der Waals surface area contributed by atoms with Crippen LogP contribution in [0.1, 0.15) is 5.56 Å². The monoisotopic (exact) mass is 519 g/mol. The minimum Gasteiger partial charge on any atom is -0.481 e. The summed E-state index contributed by atoms with van der Waals surface area (Å²) < 4.78 is 74.6. The molecule has 0 aliphatic carbocycles. The molecule has 0 aromatic carbocycles. The summed E-state index contributed by atoms with van der Waals surface area (Å²) in [5.74, 6) is -3.42. The number of alkyl halides is 6. The Kier molecular flexibility index (Phi) is 11.2. The summed E-state index contributed by atoms with van der Waals surface area (Å²) in [5.41, 5.74) is 1.17. The normalized spacial score (nSPS) is 22.3. The number of likely N-dealkylation sites (tertiary alicyclic amines) is 1. The van der Waals surface area contributed by atoms with Gasteiger partial charge in [-0.25, -0.2) is 14.6 Å². The number of pyridine rings is 1. The smallest absolute Gasteiger partial charge is 0.481 e. The molecule has 0 spiro atoms. The third kappa shape index (κ3) is 9.85. The van der Waals surface area contributed by atoms with Gasteiger partial charge in [-0.15, -0.1) is 0 Å². The lowest BCUT2D eigenvalue weighted by molar-refractivity contribution is -0.193. The van der Waals surface area contributed by atoms with Crippen molar-refractivity contribution in [3.05, 3.63) is 23.9 Å². The SMILES string of the molecule is COc1ncccc1CN1C[C@@H]2COC[C@H](N(C)C)[C@@H]2C1.O=C(O)C(F)(F)F.O=C(O)C(F)(F)F. The fourth-order valence-corrected chi connectivity index (χ4v) is 3.69. The first-order chi connectivity index (χ1) is 16.1. The van der Waals surface area contributed by atoms with Crippen molar-refractivity contribution in [3.63, 3.8) is 0 Å². The fraction of sp³-hybridized carbons (Fsp3) is 0.650. The molecule has 3 atom stereocenters. The van der Waals surface area contributed by atoms with Gasteiger partial charge in [0.05, 0.1) is 20.3 Å². The van der Waals surface area contributed by atoms with Crippen LogP contribution in [0, 0.1) is 11.8 Å². The molecule has 2 saturated heterocycles. The van der Waals surface area contributed by atoms with Crippen molar-refractivity contribution < 1.29 is 55.6 Å². The number of ether oxygens (including phenoxy) is 2. The molecule has 2 fully saturated rings. The first-order valence-corrected chi connectivity index (χ1v) is 10.1. The van der Waals surface area contributed by atoms with E-state index in [0.717, 1.165) is 38.7 Å². The van der Waals surface area contributed by atoms with Crippen LogP contribution in [0.4, 0.5) is 26.3 Å². The van der Waals surface area contributed by atoms with Crippen LogP contribution >= 0.6 is 0 Å². The van der Waals surface area contributed by atoms with Crippen molar-refractivity contribution in [2.45, 2.75) is 24.9 Å². The molecule has 0 radical (unpaired) electrons. The number of carboxylic acids is 2. The molecule has 2 aliphatic heterocycles. The van der Waals surface area contributed by atoms with Gasteiger partial charge in [0, 0.05) is 43.4 Å². The second kappa shape index (κ2) is 12.9. The van der Waals surface area contributed by atoms with Crippen molar-refractivity contribution in [2.24, 2.45) is 11.8 Å². The first kappa shape index (κ1) is 30.4. The van der Waals surface area contributed by atoms with Crippen LogP contribution in [-0.2, 0) is 20.9 Å². The van der Waals surface area contributed by atoms with E-state index in [1.165, 1.54) is 5.56 Å². The highest BCUT2D eigenvalue weighted by atomic mass is 19.4. The van der Waals surface area contributed by atoms with E-state index in [1.807, 2.05) is 6.07 Å². The van der Waals surface area contributed by atoms with Crippen LogP contribution in [0.15, 0.2) is 18.3 Å². The van der Waals surface area contributed by atoms with Gasteiger partial charge in [-0.1, -0.05) is 6.07 Å². The molecule has 1 aromatic heterocycles. The Bertz CT molecular complexity index is 812. The number of fused-ring (bicyclic) bond motifs is 1. The zero-order valence-electron chi connectivity index (χ0n) is 19.1. The quantitative estimate of drug-likeness (QED) is 0.579. The Morgan fingerprint density at radius 3 is 2.11 bits per heavy atom. The molecular formula is C20H27F6N3O6. The summed E-state index contributed by atoms with van der Waals surface area (Å²) >= 11 is 0. The maximum atomic E-state index is 10.6. The third-order valence-electron chi connectivity index (χ3n) is 5.27. The Balaban J connectivity index is 0.000000362. The molecule has 9 nitrogen and oxygen atoms in total. The Labute approximate surface area is 197 Å². The number of aromatic nitrogens is 1. The van der Waals surface area contributed by atoms with E-state index in [-0.39, 0.29) is 0 Å². The first-order valence-electron chi connectivity index (χ1n) is 10.1. The van der Waals surface area contributed by atoms with E-state index in [9.17, 15) is 26.3 Å². The van der Waals surface area contributed by atoms with Gasteiger partial charge in [0.1, 0.15) is 0 Å². The van der Waals surface area contributed by atoms with Crippen molar-refractivity contribution in [1.29, 1.82) is 0 Å². The molecular weight excluding hydrogens is 492 g/mol. The number of carboxylic acid groups (broad SMARTS) is 2. The highest BCUT2D eigenvalue weighted by Crippen LogP contribution is 2.33. The molecule has 3 heterocycles. The van der Waals surface area contributed by atoms with Gasteiger partial charge in [-0.05, 0) is 26.1 Å². The van der Waals surface area contributed by atoms with Crippen molar-refractivity contribution in [1.82, 2.24) is 14.8 Å². The largest absolute Gasteiger partial charge is 0.490 e. The van der Waals surface area contributed by atoms with Gasteiger partial charge in [0.2, 0.25) is 5.88 Å². The lowest BCUT2D eigenvalue weighted by atomic mass is 9.87. The molecule has 0 saturated carbocycles. The maximum absolute atomic E-state index is 10.6. The molecule has 35 heavy (non-hydrogen) atoms. The molecule has 2 N–H and O–H groups in total. The highest BCUT2D eigenvalue weighted by Gasteiger charge is 2.42. The molecule has 0 unspecified atom stereocenters. The van der Waals surface area contributed by atoms with Crippen molar-refractivity contribution in [3.8, 4) is 5.88 Å². The number of hydrogen-bond acceptors (Lipinski definition) is 7. The molecule has 15 heteroatoms. The van der Waals surface area contributed by atoms with Crippen LogP contribution in [0.2, 0.25) is 0 Å². The van der Waals surface area contributed by atoms with Gasteiger partial charge in [0.15, 0.2) is 0 Å². The number of carbonyl (C=O) groups is 2.